The number of ether oxygens (including phenoxy) is 2. The van der Waals surface area contributed by atoms with E-state index in [0.29, 0.717) is 33.8 Å². The fourth-order valence-electron chi connectivity index (χ4n) is 2.35. The lowest BCUT2D eigenvalue weighted by molar-refractivity contribution is -0.118. The molecule has 0 aliphatic heterocycles. The highest BCUT2D eigenvalue weighted by Gasteiger charge is 2.13. The van der Waals surface area contributed by atoms with Crippen molar-refractivity contribution in [3.8, 4) is 11.5 Å². The van der Waals surface area contributed by atoms with E-state index < -0.39 is 0 Å². The quantitative estimate of drug-likeness (QED) is 0.673. The first kappa shape index (κ1) is 20.2. The first-order valence-corrected chi connectivity index (χ1v) is 8.86. The van der Waals surface area contributed by atoms with E-state index >= 15 is 0 Å². The zero-order chi connectivity index (χ0) is 19.3. The van der Waals surface area contributed by atoms with Gasteiger partial charge in [-0.3, -0.25) is 4.79 Å². The molecule has 0 radical (unpaired) electrons. The molecule has 2 aromatic carbocycles. The summed E-state index contributed by atoms with van der Waals surface area (Å²) in [5.41, 5.74) is 2.28. The number of rotatable bonds is 7. The Hall–Kier alpha value is -2.11. The summed E-state index contributed by atoms with van der Waals surface area (Å²) in [6.07, 6.45) is 0. The number of carbonyl (C=O) groups excluding carboxylic acids is 1. The molecule has 0 aliphatic rings. The average Bonchev–Trinajstić information content (AvgIpc) is 2.60. The normalized spacial score (nSPS) is 10.6. The van der Waals surface area contributed by atoms with Crippen molar-refractivity contribution >= 4 is 40.5 Å². The van der Waals surface area contributed by atoms with Gasteiger partial charge in [0.25, 0.3) is 0 Å². The number of methoxy groups -OCH3 is 2. The van der Waals surface area contributed by atoms with Crippen LogP contribution in [0.1, 0.15) is 19.4 Å². The van der Waals surface area contributed by atoms with Gasteiger partial charge in [0.15, 0.2) is 0 Å². The molecule has 26 heavy (non-hydrogen) atoms. The second kappa shape index (κ2) is 9.01. The van der Waals surface area contributed by atoms with Crippen molar-refractivity contribution in [3.63, 3.8) is 0 Å². The first-order chi connectivity index (χ1) is 12.3. The minimum Gasteiger partial charge on any atom is -0.495 e. The second-order valence-electron chi connectivity index (χ2n) is 5.99. The van der Waals surface area contributed by atoms with Crippen LogP contribution >= 0.6 is 23.2 Å². The van der Waals surface area contributed by atoms with Gasteiger partial charge in [-0.25, -0.2) is 0 Å². The van der Waals surface area contributed by atoms with Crippen LogP contribution < -0.4 is 20.1 Å². The van der Waals surface area contributed by atoms with E-state index in [1.54, 1.807) is 32.4 Å². The van der Waals surface area contributed by atoms with Crippen LogP contribution in [-0.2, 0) is 11.3 Å². The van der Waals surface area contributed by atoms with Crippen molar-refractivity contribution in [2.75, 3.05) is 24.9 Å². The van der Waals surface area contributed by atoms with E-state index in [0.717, 1.165) is 11.3 Å². The van der Waals surface area contributed by atoms with Crippen molar-refractivity contribution in [1.82, 2.24) is 0 Å². The van der Waals surface area contributed by atoms with Crippen molar-refractivity contribution in [2.24, 2.45) is 5.92 Å². The van der Waals surface area contributed by atoms with Gasteiger partial charge in [0.2, 0.25) is 5.91 Å². The Morgan fingerprint density at radius 3 is 2.46 bits per heavy atom. The molecule has 7 heteroatoms. The van der Waals surface area contributed by atoms with Crippen LogP contribution in [0.25, 0.3) is 0 Å². The highest BCUT2D eigenvalue weighted by molar-refractivity contribution is 6.35. The van der Waals surface area contributed by atoms with E-state index in [-0.39, 0.29) is 11.8 Å². The summed E-state index contributed by atoms with van der Waals surface area (Å²) in [4.78, 5) is 11.9. The van der Waals surface area contributed by atoms with Crippen molar-refractivity contribution < 1.29 is 14.3 Å². The monoisotopic (exact) mass is 396 g/mol. The molecule has 0 atom stereocenters. The number of anilines is 2. The molecule has 2 aromatic rings. The number of halogens is 2. The number of hydrogen-bond donors (Lipinski definition) is 2. The van der Waals surface area contributed by atoms with Gasteiger partial charge >= 0.3 is 0 Å². The summed E-state index contributed by atoms with van der Waals surface area (Å²) in [5, 5.41) is 7.12. The topological polar surface area (TPSA) is 59.6 Å². The van der Waals surface area contributed by atoms with E-state index in [9.17, 15) is 4.79 Å². The summed E-state index contributed by atoms with van der Waals surface area (Å²) in [5.74, 6) is 0.969. The van der Waals surface area contributed by atoms with Crippen molar-refractivity contribution in [1.29, 1.82) is 0 Å². The van der Waals surface area contributed by atoms with Crippen molar-refractivity contribution in [2.45, 2.75) is 20.4 Å². The van der Waals surface area contributed by atoms with E-state index in [1.165, 1.54) is 0 Å². The van der Waals surface area contributed by atoms with Gasteiger partial charge in [-0.05, 0) is 24.3 Å². The van der Waals surface area contributed by atoms with Crippen LogP contribution in [0.5, 0.6) is 11.5 Å². The Kier molecular flexibility index (Phi) is 7.00. The van der Waals surface area contributed by atoms with Gasteiger partial charge in [0.05, 0.1) is 24.9 Å². The summed E-state index contributed by atoms with van der Waals surface area (Å²) < 4.78 is 10.7. The predicted molar refractivity (Wildman–Crippen MR) is 107 cm³/mol. The molecule has 5 nitrogen and oxygen atoms in total. The minimum absolute atomic E-state index is 0.0673. The second-order valence-corrected chi connectivity index (χ2v) is 6.84. The first-order valence-electron chi connectivity index (χ1n) is 8.10. The molecular formula is C19H22Cl2N2O3. The molecule has 0 aliphatic carbocycles. The maximum absolute atomic E-state index is 11.9. The maximum atomic E-state index is 11.9. The SMILES string of the molecule is COc1cc(NCc2cc(Cl)cc(Cl)c2OC)ccc1NC(=O)C(C)C. The van der Waals surface area contributed by atoms with Crippen molar-refractivity contribution in [3.05, 3.63) is 45.9 Å². The molecule has 0 saturated carbocycles. The fraction of sp³-hybridized carbons (Fsp3) is 0.316. The lowest BCUT2D eigenvalue weighted by Gasteiger charge is -2.15. The highest BCUT2D eigenvalue weighted by Crippen LogP contribution is 2.33. The molecule has 2 N–H and O–H groups in total. The number of nitrogens with one attached hydrogen (secondary N) is 2. The van der Waals surface area contributed by atoms with Gasteiger partial charge < -0.3 is 20.1 Å². The number of benzene rings is 2. The summed E-state index contributed by atoms with van der Waals surface area (Å²) in [6, 6.07) is 8.91. The Labute approximate surface area is 163 Å². The Morgan fingerprint density at radius 1 is 1.12 bits per heavy atom. The predicted octanol–water partition coefficient (Wildman–Crippen LogP) is 5.22. The Bertz CT molecular complexity index is 795. The van der Waals surface area contributed by atoms with E-state index in [1.807, 2.05) is 26.0 Å². The maximum Gasteiger partial charge on any atom is 0.227 e. The molecule has 140 valence electrons. The summed E-state index contributed by atoms with van der Waals surface area (Å²) >= 11 is 12.2. The third kappa shape index (κ3) is 4.96. The zero-order valence-electron chi connectivity index (χ0n) is 15.2. The van der Waals surface area contributed by atoms with Crippen LogP contribution in [-0.4, -0.2) is 20.1 Å². The van der Waals surface area contributed by atoms with E-state index in [4.69, 9.17) is 32.7 Å². The lowest BCUT2D eigenvalue weighted by atomic mass is 10.1. The van der Waals surface area contributed by atoms with Crippen LogP contribution in [0.15, 0.2) is 30.3 Å². The molecule has 0 unspecified atom stereocenters. The molecule has 0 bridgehead atoms. The van der Waals surface area contributed by atoms with Gasteiger partial charge in [0.1, 0.15) is 11.5 Å². The molecule has 0 saturated heterocycles. The van der Waals surface area contributed by atoms with Gasteiger partial charge in [-0.1, -0.05) is 37.0 Å². The average molecular weight is 397 g/mol. The van der Waals surface area contributed by atoms with Gasteiger partial charge in [-0.2, -0.15) is 0 Å². The molecule has 0 spiro atoms. The highest BCUT2D eigenvalue weighted by atomic mass is 35.5. The summed E-state index contributed by atoms with van der Waals surface area (Å²) in [7, 11) is 3.12. The van der Waals surface area contributed by atoms with E-state index in [2.05, 4.69) is 10.6 Å². The lowest BCUT2D eigenvalue weighted by Crippen LogP contribution is -2.18. The Morgan fingerprint density at radius 2 is 1.85 bits per heavy atom. The molecular weight excluding hydrogens is 375 g/mol. The number of hydrogen-bond acceptors (Lipinski definition) is 4. The molecule has 1 amide bonds. The van der Waals surface area contributed by atoms with Crippen LogP contribution in [0.2, 0.25) is 10.0 Å². The smallest absolute Gasteiger partial charge is 0.227 e. The third-order valence-electron chi connectivity index (χ3n) is 3.76. The molecule has 0 fully saturated rings. The van der Waals surface area contributed by atoms with Crippen LogP contribution in [0, 0.1) is 5.92 Å². The number of carbonyl (C=O) groups is 1. The Balaban J connectivity index is 2.17. The molecule has 2 rings (SSSR count). The third-order valence-corrected chi connectivity index (χ3v) is 4.26. The summed E-state index contributed by atoms with van der Waals surface area (Å²) in [6.45, 7) is 4.13. The van der Waals surface area contributed by atoms with Crippen LogP contribution in [0.4, 0.5) is 11.4 Å². The minimum atomic E-state index is -0.113. The van der Waals surface area contributed by atoms with Crippen LogP contribution in [0.3, 0.4) is 0 Å². The standard InChI is InChI=1S/C19H22Cl2N2O3/c1-11(2)19(24)23-16-6-5-14(9-17(16)25-3)22-10-12-7-13(20)8-15(21)18(12)26-4/h5-9,11,22H,10H2,1-4H3,(H,23,24). The molecule has 0 heterocycles. The molecule has 0 aromatic heterocycles. The van der Waals surface area contributed by atoms with Gasteiger partial charge in [-0.15, -0.1) is 0 Å². The largest absolute Gasteiger partial charge is 0.495 e. The fourth-order valence-corrected chi connectivity index (χ4v) is 2.97. The van der Waals surface area contributed by atoms with Gasteiger partial charge in [0, 0.05) is 34.8 Å². The zero-order valence-corrected chi connectivity index (χ0v) is 16.7. The number of amides is 1.